The smallest absolute Gasteiger partial charge is 0.332 e. The van der Waals surface area contributed by atoms with Gasteiger partial charge in [0.1, 0.15) is 18.3 Å². The zero-order chi connectivity index (χ0) is 27.1. The van der Waals surface area contributed by atoms with Crippen molar-refractivity contribution < 1.29 is 14.7 Å². The van der Waals surface area contributed by atoms with Gasteiger partial charge in [0, 0.05) is 18.7 Å². The van der Waals surface area contributed by atoms with E-state index in [1.807, 2.05) is 44.2 Å². The number of aryl methyl sites for hydroxylation is 1. The van der Waals surface area contributed by atoms with Gasteiger partial charge < -0.3 is 14.7 Å². The molecule has 0 radical (unpaired) electrons. The third kappa shape index (κ3) is 5.68. The fraction of sp³-hybridized carbons (Fsp3) is 0.333. The van der Waals surface area contributed by atoms with Gasteiger partial charge in [-0.1, -0.05) is 49.3 Å². The number of fused-ring (bicyclic) bond motifs is 1. The number of nitrogens with two attached hydrogens (primary N) is 1. The number of hydrogen-bond acceptors (Lipinski definition) is 8. The van der Waals surface area contributed by atoms with Crippen LogP contribution in [0.15, 0.2) is 69.3 Å². The molecule has 4 rings (SSSR count). The van der Waals surface area contributed by atoms with Crippen LogP contribution >= 0.6 is 0 Å². The summed E-state index contributed by atoms with van der Waals surface area (Å²) in [5.41, 5.74) is 7.30. The third-order valence-electron chi connectivity index (χ3n) is 5.94. The zero-order valence-electron chi connectivity index (χ0n) is 21.5. The summed E-state index contributed by atoms with van der Waals surface area (Å²) >= 11 is 0. The van der Waals surface area contributed by atoms with E-state index < -0.39 is 11.8 Å². The van der Waals surface area contributed by atoms with Crippen molar-refractivity contribution in [2.24, 2.45) is 10.9 Å². The van der Waals surface area contributed by atoms with Crippen molar-refractivity contribution in [1.29, 1.82) is 0 Å². The number of oxime groups is 1. The van der Waals surface area contributed by atoms with Gasteiger partial charge >= 0.3 is 5.69 Å². The molecule has 2 aromatic carbocycles. The van der Waals surface area contributed by atoms with Crippen LogP contribution in [0.5, 0.6) is 5.75 Å². The highest BCUT2D eigenvalue weighted by Crippen LogP contribution is 2.25. The van der Waals surface area contributed by atoms with E-state index in [9.17, 15) is 9.59 Å². The van der Waals surface area contributed by atoms with Crippen LogP contribution in [0.4, 0.5) is 0 Å². The van der Waals surface area contributed by atoms with E-state index in [0.29, 0.717) is 60.8 Å². The minimum Gasteiger partial charge on any atom is -0.470 e. The number of ether oxygens (including phenoxy) is 2. The second-order valence-electron chi connectivity index (χ2n) is 8.76. The van der Waals surface area contributed by atoms with Crippen LogP contribution in [0.1, 0.15) is 32.3 Å². The predicted molar refractivity (Wildman–Crippen MR) is 144 cm³/mol. The Morgan fingerprint density at radius 2 is 1.68 bits per heavy atom. The highest BCUT2D eigenvalue weighted by atomic mass is 16.5. The second kappa shape index (κ2) is 12.3. The Hall–Kier alpha value is -4.22. The predicted octanol–water partition coefficient (Wildman–Crippen LogP) is 3.14. The Bertz CT molecular complexity index is 1510. The Labute approximate surface area is 219 Å². The molecular formula is C27H32N6O5. The maximum atomic E-state index is 13.6. The van der Waals surface area contributed by atoms with Crippen LogP contribution in [0.25, 0.3) is 22.6 Å². The third-order valence-corrected chi connectivity index (χ3v) is 5.94. The largest absolute Gasteiger partial charge is 0.470 e. The fourth-order valence-electron chi connectivity index (χ4n) is 4.25. The second-order valence-corrected chi connectivity index (χ2v) is 8.76. The number of benzene rings is 2. The first-order valence-electron chi connectivity index (χ1n) is 12.5. The van der Waals surface area contributed by atoms with E-state index >= 15 is 0 Å². The monoisotopic (exact) mass is 520 g/mol. The minimum atomic E-state index is -0.915. The van der Waals surface area contributed by atoms with Crippen molar-refractivity contribution >= 4 is 17.4 Å². The summed E-state index contributed by atoms with van der Waals surface area (Å²) in [6.07, 6.45) is 1.49. The Balaban J connectivity index is 1.83. The Morgan fingerprint density at radius 1 is 1.00 bits per heavy atom. The SMILES string of the molecule is CCCn1c(=O)c2c(nc(-c3ccc(OC(N)C=NO)cc3)n2COCc2ccccc2)n(CCC)c1=O. The van der Waals surface area contributed by atoms with Crippen molar-refractivity contribution in [3.8, 4) is 17.1 Å². The van der Waals surface area contributed by atoms with Gasteiger partial charge in [-0.05, 0) is 42.7 Å². The molecule has 0 saturated heterocycles. The molecule has 11 heteroatoms. The number of hydrogen-bond donors (Lipinski definition) is 2. The van der Waals surface area contributed by atoms with E-state index in [0.717, 1.165) is 11.8 Å². The molecule has 0 aliphatic carbocycles. The molecule has 0 aliphatic rings. The maximum absolute atomic E-state index is 13.6. The van der Waals surface area contributed by atoms with Crippen molar-refractivity contribution in [3.63, 3.8) is 0 Å². The van der Waals surface area contributed by atoms with Crippen molar-refractivity contribution in [2.75, 3.05) is 0 Å². The van der Waals surface area contributed by atoms with Crippen LogP contribution in [0.3, 0.4) is 0 Å². The molecule has 0 saturated carbocycles. The molecule has 2 heterocycles. The average Bonchev–Trinajstić information content (AvgIpc) is 3.29. The summed E-state index contributed by atoms with van der Waals surface area (Å²) in [5, 5.41) is 11.5. The number of rotatable bonds is 12. The summed E-state index contributed by atoms with van der Waals surface area (Å²) in [6, 6.07) is 16.7. The summed E-state index contributed by atoms with van der Waals surface area (Å²) in [5.74, 6) is 0.939. The van der Waals surface area contributed by atoms with Crippen molar-refractivity contribution in [3.05, 3.63) is 81.0 Å². The summed E-state index contributed by atoms with van der Waals surface area (Å²) in [6.45, 7) is 5.04. The fourth-order valence-corrected chi connectivity index (χ4v) is 4.25. The van der Waals surface area contributed by atoms with Gasteiger partial charge in [-0.3, -0.25) is 24.2 Å². The molecule has 2 aromatic heterocycles. The lowest BCUT2D eigenvalue weighted by molar-refractivity contribution is 0.0673. The van der Waals surface area contributed by atoms with Gasteiger partial charge in [-0.25, -0.2) is 9.78 Å². The molecule has 0 spiro atoms. The Morgan fingerprint density at radius 3 is 2.34 bits per heavy atom. The van der Waals surface area contributed by atoms with Crippen LogP contribution in [-0.4, -0.2) is 36.3 Å². The van der Waals surface area contributed by atoms with Crippen molar-refractivity contribution in [1.82, 2.24) is 18.7 Å². The highest BCUT2D eigenvalue weighted by Gasteiger charge is 2.22. The first-order chi connectivity index (χ1) is 18.5. The van der Waals surface area contributed by atoms with E-state index in [1.165, 1.54) is 4.57 Å². The van der Waals surface area contributed by atoms with Crippen LogP contribution in [0.2, 0.25) is 0 Å². The molecule has 1 unspecified atom stereocenters. The lowest BCUT2D eigenvalue weighted by Crippen LogP contribution is -2.40. The molecule has 0 aliphatic heterocycles. The lowest BCUT2D eigenvalue weighted by Gasteiger charge is -2.13. The molecule has 38 heavy (non-hydrogen) atoms. The Kier molecular flexibility index (Phi) is 8.72. The molecular weight excluding hydrogens is 488 g/mol. The summed E-state index contributed by atoms with van der Waals surface area (Å²) in [7, 11) is 0. The van der Waals surface area contributed by atoms with E-state index in [1.54, 1.807) is 33.4 Å². The lowest BCUT2D eigenvalue weighted by atomic mass is 10.2. The van der Waals surface area contributed by atoms with Gasteiger partial charge in [0.15, 0.2) is 17.4 Å². The van der Waals surface area contributed by atoms with Crippen LogP contribution < -0.4 is 21.7 Å². The molecule has 0 bridgehead atoms. The van der Waals surface area contributed by atoms with Gasteiger partial charge in [-0.2, -0.15) is 0 Å². The van der Waals surface area contributed by atoms with Crippen LogP contribution in [0, 0.1) is 0 Å². The van der Waals surface area contributed by atoms with Gasteiger partial charge in [0.25, 0.3) is 5.56 Å². The molecule has 0 amide bonds. The van der Waals surface area contributed by atoms with Crippen molar-refractivity contribution in [2.45, 2.75) is 59.3 Å². The highest BCUT2D eigenvalue weighted by molar-refractivity contribution is 5.77. The van der Waals surface area contributed by atoms with Gasteiger partial charge in [0.2, 0.25) is 0 Å². The molecule has 3 N–H and O–H groups in total. The van der Waals surface area contributed by atoms with E-state index in [-0.39, 0.29) is 12.4 Å². The zero-order valence-corrected chi connectivity index (χ0v) is 21.5. The first kappa shape index (κ1) is 26.8. The summed E-state index contributed by atoms with van der Waals surface area (Å²) in [4.78, 5) is 31.6. The quantitative estimate of drug-likeness (QED) is 0.127. The first-order valence-corrected chi connectivity index (χ1v) is 12.5. The number of imidazole rings is 1. The molecule has 200 valence electrons. The van der Waals surface area contributed by atoms with Crippen LogP contribution in [-0.2, 0) is 31.2 Å². The standard InChI is InChI=1S/C27H32N6O5/c1-3-14-31-25-23(26(34)32(15-4-2)27(31)35)33(18-37-17-19-8-6-5-7-9-19)24(30-25)20-10-12-21(13-11-20)38-22(28)16-29-36/h5-13,16,22,36H,3-4,14-15,17-18,28H2,1-2H3. The topological polar surface area (TPSA) is 139 Å². The van der Waals surface area contributed by atoms with E-state index in [2.05, 4.69) is 5.16 Å². The summed E-state index contributed by atoms with van der Waals surface area (Å²) < 4.78 is 16.1. The van der Waals surface area contributed by atoms with E-state index in [4.69, 9.17) is 25.4 Å². The molecule has 4 aromatic rings. The minimum absolute atomic E-state index is 0.0580. The van der Waals surface area contributed by atoms with Gasteiger partial charge in [-0.15, -0.1) is 0 Å². The van der Waals surface area contributed by atoms with Gasteiger partial charge in [0.05, 0.1) is 12.8 Å². The number of nitrogens with zero attached hydrogens (tertiary/aromatic N) is 5. The maximum Gasteiger partial charge on any atom is 0.332 e. The normalized spacial score (nSPS) is 12.4. The molecule has 11 nitrogen and oxygen atoms in total. The number of aromatic nitrogens is 4. The average molecular weight is 521 g/mol. The molecule has 1 atom stereocenters. The molecule has 0 fully saturated rings.